The summed E-state index contributed by atoms with van der Waals surface area (Å²) in [5.74, 6) is -0.572. The molecule has 30 heavy (non-hydrogen) atoms. The van der Waals surface area contributed by atoms with Crippen molar-refractivity contribution in [3.05, 3.63) is 71.9 Å². The molecule has 1 aliphatic rings. The lowest BCUT2D eigenvalue weighted by atomic mass is 9.96. The highest BCUT2D eigenvalue weighted by molar-refractivity contribution is 6.06. The number of carbonyl (C=O) groups excluding carboxylic acids is 2. The van der Waals surface area contributed by atoms with Crippen LogP contribution in [0.15, 0.2) is 60.8 Å². The average molecular weight is 406 g/mol. The summed E-state index contributed by atoms with van der Waals surface area (Å²) >= 11 is 0. The lowest BCUT2D eigenvalue weighted by molar-refractivity contribution is -0.139. The van der Waals surface area contributed by atoms with E-state index >= 15 is 0 Å². The van der Waals surface area contributed by atoms with Gasteiger partial charge in [-0.15, -0.1) is 0 Å². The number of amides is 2. The molecule has 1 aromatic heterocycles. The van der Waals surface area contributed by atoms with Crippen molar-refractivity contribution in [1.82, 2.24) is 14.8 Å². The number of hydrogen-bond donors (Lipinski definition) is 1. The minimum absolute atomic E-state index is 0.0991. The summed E-state index contributed by atoms with van der Waals surface area (Å²) in [5.41, 5.74) is 2.91. The first-order valence-electron chi connectivity index (χ1n) is 10.7. The van der Waals surface area contributed by atoms with Gasteiger partial charge in [0.25, 0.3) is 0 Å². The maximum absolute atomic E-state index is 12.7. The number of imide groups is 1. The van der Waals surface area contributed by atoms with Crippen molar-refractivity contribution < 1.29 is 9.59 Å². The van der Waals surface area contributed by atoms with Gasteiger partial charge < -0.3 is 9.88 Å². The summed E-state index contributed by atoms with van der Waals surface area (Å²) in [6.07, 6.45) is 2.12. The molecule has 1 fully saturated rings. The van der Waals surface area contributed by atoms with Crippen molar-refractivity contribution in [3.8, 4) is 0 Å². The molecule has 1 unspecified atom stereocenters. The number of aromatic nitrogens is 1. The molecule has 1 saturated heterocycles. The number of benzene rings is 2. The van der Waals surface area contributed by atoms with Crippen molar-refractivity contribution in [1.29, 1.82) is 0 Å². The Bertz CT molecular complexity index is 971. The van der Waals surface area contributed by atoms with Crippen LogP contribution in [0.1, 0.15) is 44.2 Å². The number of nitrogens with zero attached hydrogens (tertiary/aromatic N) is 2. The molecule has 5 heteroatoms. The molecule has 0 aliphatic carbocycles. The largest absolute Gasteiger partial charge is 0.361 e. The summed E-state index contributed by atoms with van der Waals surface area (Å²) in [5, 5.41) is 1.06. The van der Waals surface area contributed by atoms with Crippen molar-refractivity contribution in [3.63, 3.8) is 0 Å². The van der Waals surface area contributed by atoms with Crippen LogP contribution >= 0.6 is 0 Å². The highest BCUT2D eigenvalue weighted by Crippen LogP contribution is 2.32. The zero-order chi connectivity index (χ0) is 21.5. The number of nitrogens with one attached hydrogen (secondary N) is 1. The Labute approximate surface area is 178 Å². The van der Waals surface area contributed by atoms with Crippen molar-refractivity contribution in [2.24, 2.45) is 0 Å². The monoisotopic (exact) mass is 405 g/mol. The van der Waals surface area contributed by atoms with Crippen LogP contribution in [0.2, 0.25) is 0 Å². The zero-order valence-electron chi connectivity index (χ0n) is 18.1. The first kappa shape index (κ1) is 21.8. The lowest BCUT2D eigenvalue weighted by Gasteiger charge is -2.15. The quantitative estimate of drug-likeness (QED) is 0.612. The van der Waals surface area contributed by atoms with Gasteiger partial charge in [-0.2, -0.15) is 0 Å². The predicted molar refractivity (Wildman–Crippen MR) is 121 cm³/mol. The van der Waals surface area contributed by atoms with Crippen LogP contribution in [0, 0.1) is 0 Å². The second-order valence-electron chi connectivity index (χ2n) is 7.50. The average Bonchev–Trinajstić information content (AvgIpc) is 3.35. The molecule has 4 rings (SSSR count). The van der Waals surface area contributed by atoms with E-state index in [1.807, 2.05) is 60.8 Å². The third kappa shape index (κ3) is 4.97. The summed E-state index contributed by atoms with van der Waals surface area (Å²) in [6.45, 7) is 10.5. The zero-order valence-corrected chi connectivity index (χ0v) is 18.1. The van der Waals surface area contributed by atoms with E-state index < -0.39 is 0 Å². The lowest BCUT2D eigenvalue weighted by Crippen LogP contribution is -2.29. The number of H-pyrrole nitrogens is 1. The fourth-order valence-electron chi connectivity index (χ4n) is 3.83. The first-order valence-corrected chi connectivity index (χ1v) is 10.7. The molecule has 2 heterocycles. The second-order valence-corrected chi connectivity index (χ2v) is 7.50. The molecule has 0 radical (unpaired) electrons. The van der Waals surface area contributed by atoms with E-state index in [1.165, 1.54) is 24.5 Å². The van der Waals surface area contributed by atoms with Gasteiger partial charge >= 0.3 is 0 Å². The van der Waals surface area contributed by atoms with Gasteiger partial charge in [0.05, 0.1) is 12.5 Å². The van der Waals surface area contributed by atoms with Crippen LogP contribution in [-0.2, 0) is 16.1 Å². The smallest absolute Gasteiger partial charge is 0.237 e. The number of rotatable bonds is 6. The Morgan fingerprint density at radius 2 is 1.67 bits per heavy atom. The number of carbonyl (C=O) groups is 2. The van der Waals surface area contributed by atoms with Crippen molar-refractivity contribution >= 4 is 22.7 Å². The summed E-state index contributed by atoms with van der Waals surface area (Å²) in [7, 11) is 0. The number of fused-ring (bicyclic) bond motifs is 1. The van der Waals surface area contributed by atoms with Gasteiger partial charge in [0.2, 0.25) is 11.8 Å². The van der Waals surface area contributed by atoms with Crippen molar-refractivity contribution in [2.45, 2.75) is 39.7 Å². The Morgan fingerprint density at radius 3 is 2.30 bits per heavy atom. The SMILES string of the molecule is CCN(CC)CC.O=C1CC(c2ccc3[nH]ccc3c2)C(=O)N1Cc1ccccc1. The van der Waals surface area contributed by atoms with Crippen LogP contribution in [-0.4, -0.2) is 46.2 Å². The van der Waals surface area contributed by atoms with Crippen LogP contribution in [0.5, 0.6) is 0 Å². The Hall–Kier alpha value is -2.92. The number of aromatic amines is 1. The molecular formula is C25H31N3O2. The third-order valence-corrected chi connectivity index (χ3v) is 5.75. The summed E-state index contributed by atoms with van der Waals surface area (Å²) in [6, 6.07) is 17.5. The van der Waals surface area contributed by atoms with E-state index in [0.29, 0.717) is 6.54 Å². The van der Waals surface area contributed by atoms with Crippen LogP contribution in [0.3, 0.4) is 0 Å². The Balaban J connectivity index is 0.000000318. The second kappa shape index (κ2) is 10.2. The van der Waals surface area contributed by atoms with Gasteiger partial charge in [0, 0.05) is 18.1 Å². The molecule has 158 valence electrons. The normalized spacial score (nSPS) is 16.3. The standard InChI is InChI=1S/C19H16N2O2.C6H15N/c22-18-11-16(14-6-7-17-15(10-14)8-9-20-17)19(23)21(18)12-13-4-2-1-3-5-13;1-4-7(5-2)6-3/h1-10,16,20H,11-12H2;4-6H2,1-3H3. The van der Waals surface area contributed by atoms with Crippen LogP contribution in [0.25, 0.3) is 10.9 Å². The summed E-state index contributed by atoms with van der Waals surface area (Å²) in [4.78, 5) is 31.9. The van der Waals surface area contributed by atoms with E-state index in [2.05, 4.69) is 30.7 Å². The minimum atomic E-state index is -0.370. The molecule has 5 nitrogen and oxygen atoms in total. The molecule has 1 aliphatic heterocycles. The highest BCUT2D eigenvalue weighted by Gasteiger charge is 2.39. The van der Waals surface area contributed by atoms with E-state index in [9.17, 15) is 9.59 Å². The van der Waals surface area contributed by atoms with E-state index in [1.54, 1.807) is 0 Å². The summed E-state index contributed by atoms with van der Waals surface area (Å²) < 4.78 is 0. The Kier molecular flexibility index (Phi) is 7.41. The van der Waals surface area contributed by atoms with E-state index in [4.69, 9.17) is 0 Å². The van der Waals surface area contributed by atoms with Gasteiger partial charge in [-0.1, -0.05) is 57.2 Å². The van der Waals surface area contributed by atoms with Crippen LogP contribution in [0.4, 0.5) is 0 Å². The molecule has 3 aromatic rings. The maximum Gasteiger partial charge on any atom is 0.237 e. The molecule has 0 spiro atoms. The predicted octanol–water partition coefficient (Wildman–Crippen LogP) is 4.56. The maximum atomic E-state index is 12.7. The van der Waals surface area contributed by atoms with E-state index in [-0.39, 0.29) is 24.2 Å². The molecule has 2 aromatic carbocycles. The van der Waals surface area contributed by atoms with Gasteiger partial charge in [0.15, 0.2) is 0 Å². The fourth-order valence-corrected chi connectivity index (χ4v) is 3.83. The van der Waals surface area contributed by atoms with E-state index in [0.717, 1.165) is 22.0 Å². The molecule has 1 N–H and O–H groups in total. The van der Waals surface area contributed by atoms with Gasteiger partial charge in [-0.25, -0.2) is 0 Å². The molecule has 2 amide bonds. The molecule has 1 atom stereocenters. The van der Waals surface area contributed by atoms with Gasteiger partial charge in [-0.3, -0.25) is 14.5 Å². The topological polar surface area (TPSA) is 56.4 Å². The molecule has 0 bridgehead atoms. The first-order chi connectivity index (χ1) is 14.6. The number of hydrogen-bond acceptors (Lipinski definition) is 3. The molecule has 0 saturated carbocycles. The van der Waals surface area contributed by atoms with Gasteiger partial charge in [-0.05, 0) is 54.3 Å². The van der Waals surface area contributed by atoms with Gasteiger partial charge in [0.1, 0.15) is 0 Å². The minimum Gasteiger partial charge on any atom is -0.361 e. The third-order valence-electron chi connectivity index (χ3n) is 5.75. The van der Waals surface area contributed by atoms with Crippen LogP contribution < -0.4 is 0 Å². The highest BCUT2D eigenvalue weighted by atomic mass is 16.2. The van der Waals surface area contributed by atoms with Crippen molar-refractivity contribution in [2.75, 3.05) is 19.6 Å². The molecular weight excluding hydrogens is 374 g/mol. The fraction of sp³-hybridized carbons (Fsp3) is 0.360. The Morgan fingerprint density at radius 1 is 0.967 bits per heavy atom. The number of likely N-dealkylation sites (tertiary alicyclic amines) is 1.